The Labute approximate surface area is 112 Å². The molecule has 2 nitrogen and oxygen atoms in total. The molecule has 3 heteroatoms. The van der Waals surface area contributed by atoms with Gasteiger partial charge in [0.05, 0.1) is 6.10 Å². The van der Waals surface area contributed by atoms with Crippen LogP contribution in [0.4, 0.5) is 0 Å². The fourth-order valence-electron chi connectivity index (χ4n) is 1.77. The van der Waals surface area contributed by atoms with Gasteiger partial charge in [-0.2, -0.15) is 0 Å². The van der Waals surface area contributed by atoms with E-state index in [4.69, 9.17) is 16.3 Å². The highest BCUT2D eigenvalue weighted by Gasteiger charge is 2.11. The van der Waals surface area contributed by atoms with Crippen LogP contribution in [0.5, 0.6) is 11.5 Å². The van der Waals surface area contributed by atoms with Gasteiger partial charge in [0.25, 0.3) is 0 Å². The van der Waals surface area contributed by atoms with E-state index in [-0.39, 0.29) is 11.9 Å². The minimum Gasteiger partial charge on any atom is -0.507 e. The van der Waals surface area contributed by atoms with E-state index in [1.165, 1.54) is 0 Å². The van der Waals surface area contributed by atoms with Crippen molar-refractivity contribution in [2.45, 2.75) is 20.0 Å². The summed E-state index contributed by atoms with van der Waals surface area (Å²) < 4.78 is 5.74. The molecule has 1 N–H and O–H groups in total. The zero-order valence-electron chi connectivity index (χ0n) is 10.4. The van der Waals surface area contributed by atoms with Crippen LogP contribution in [0.2, 0.25) is 5.02 Å². The highest BCUT2D eigenvalue weighted by Crippen LogP contribution is 2.37. The molecule has 0 aliphatic rings. The van der Waals surface area contributed by atoms with Gasteiger partial charge in [0.1, 0.15) is 11.5 Å². The van der Waals surface area contributed by atoms with E-state index in [1.54, 1.807) is 18.2 Å². The minimum absolute atomic E-state index is 0.0764. The van der Waals surface area contributed by atoms with E-state index in [1.807, 2.05) is 38.1 Å². The van der Waals surface area contributed by atoms with E-state index < -0.39 is 0 Å². The van der Waals surface area contributed by atoms with Gasteiger partial charge in [-0.15, -0.1) is 0 Å². The van der Waals surface area contributed by atoms with Crippen LogP contribution in [0, 0.1) is 0 Å². The maximum atomic E-state index is 9.93. The molecule has 0 atom stereocenters. The SMILES string of the molecule is CC(C)Oc1ccccc1-c1cc(Cl)ccc1O. The van der Waals surface area contributed by atoms with Crippen LogP contribution in [0.25, 0.3) is 11.1 Å². The minimum atomic E-state index is 0.0764. The average molecular weight is 263 g/mol. The first-order valence-electron chi connectivity index (χ1n) is 5.82. The largest absolute Gasteiger partial charge is 0.507 e. The van der Waals surface area contributed by atoms with Gasteiger partial charge in [-0.1, -0.05) is 29.8 Å². The first kappa shape index (κ1) is 12.8. The standard InChI is InChI=1S/C15H15ClO2/c1-10(2)18-15-6-4-3-5-12(15)13-9-11(16)7-8-14(13)17/h3-10,17H,1-2H3. The fourth-order valence-corrected chi connectivity index (χ4v) is 1.94. The van der Waals surface area contributed by atoms with E-state index in [0.717, 1.165) is 11.3 Å². The number of aromatic hydroxyl groups is 1. The Balaban J connectivity index is 2.53. The van der Waals surface area contributed by atoms with E-state index in [0.29, 0.717) is 10.6 Å². The van der Waals surface area contributed by atoms with Gasteiger partial charge in [0, 0.05) is 16.1 Å². The average Bonchev–Trinajstić information content (AvgIpc) is 2.32. The Bertz CT molecular complexity index is 550. The number of phenolic OH excluding ortho intramolecular Hbond substituents is 1. The summed E-state index contributed by atoms with van der Waals surface area (Å²) in [6, 6.07) is 12.6. The normalized spacial score (nSPS) is 10.7. The van der Waals surface area contributed by atoms with Crippen molar-refractivity contribution in [1.29, 1.82) is 0 Å². The van der Waals surface area contributed by atoms with Crippen molar-refractivity contribution in [2.75, 3.05) is 0 Å². The molecule has 0 unspecified atom stereocenters. The summed E-state index contributed by atoms with van der Waals surface area (Å²) in [5.74, 6) is 0.935. The second-order valence-electron chi connectivity index (χ2n) is 4.32. The van der Waals surface area contributed by atoms with Gasteiger partial charge < -0.3 is 9.84 Å². The predicted molar refractivity (Wildman–Crippen MR) is 74.3 cm³/mol. The lowest BCUT2D eigenvalue weighted by molar-refractivity contribution is 0.243. The van der Waals surface area contributed by atoms with Gasteiger partial charge in [-0.3, -0.25) is 0 Å². The summed E-state index contributed by atoms with van der Waals surface area (Å²) in [7, 11) is 0. The quantitative estimate of drug-likeness (QED) is 0.882. The van der Waals surface area contributed by atoms with Crippen LogP contribution >= 0.6 is 11.6 Å². The van der Waals surface area contributed by atoms with Crippen LogP contribution in [0.1, 0.15) is 13.8 Å². The van der Waals surface area contributed by atoms with Crippen LogP contribution in [-0.2, 0) is 0 Å². The Kier molecular flexibility index (Phi) is 3.78. The molecule has 0 amide bonds. The molecule has 2 aromatic carbocycles. The third kappa shape index (κ3) is 2.77. The molecule has 0 radical (unpaired) electrons. The number of hydrogen-bond donors (Lipinski definition) is 1. The van der Waals surface area contributed by atoms with Crippen molar-refractivity contribution < 1.29 is 9.84 Å². The van der Waals surface area contributed by atoms with Crippen molar-refractivity contribution in [3.05, 3.63) is 47.5 Å². The second-order valence-corrected chi connectivity index (χ2v) is 4.76. The smallest absolute Gasteiger partial charge is 0.127 e. The highest BCUT2D eigenvalue weighted by atomic mass is 35.5. The Morgan fingerprint density at radius 3 is 2.50 bits per heavy atom. The third-order valence-electron chi connectivity index (χ3n) is 2.50. The van der Waals surface area contributed by atoms with Gasteiger partial charge in [-0.05, 0) is 38.1 Å². The number of ether oxygens (including phenoxy) is 1. The molecule has 2 rings (SSSR count). The van der Waals surface area contributed by atoms with Crippen LogP contribution < -0.4 is 4.74 Å². The van der Waals surface area contributed by atoms with Crippen LogP contribution in [0.3, 0.4) is 0 Å². The van der Waals surface area contributed by atoms with Gasteiger partial charge >= 0.3 is 0 Å². The molecule has 0 aliphatic carbocycles. The van der Waals surface area contributed by atoms with E-state index >= 15 is 0 Å². The molecule has 0 fully saturated rings. The number of phenols is 1. The molecule has 18 heavy (non-hydrogen) atoms. The zero-order valence-corrected chi connectivity index (χ0v) is 11.1. The molecular weight excluding hydrogens is 248 g/mol. The lowest BCUT2D eigenvalue weighted by Gasteiger charge is -2.15. The predicted octanol–water partition coefficient (Wildman–Crippen LogP) is 4.50. The molecule has 0 spiro atoms. The summed E-state index contributed by atoms with van der Waals surface area (Å²) >= 11 is 5.97. The van der Waals surface area contributed by atoms with Crippen molar-refractivity contribution in [3.63, 3.8) is 0 Å². The molecule has 0 bridgehead atoms. The lowest BCUT2D eigenvalue weighted by atomic mass is 10.0. The topological polar surface area (TPSA) is 29.5 Å². The number of halogens is 1. The molecule has 0 aliphatic heterocycles. The molecule has 0 heterocycles. The third-order valence-corrected chi connectivity index (χ3v) is 2.73. The summed E-state index contributed by atoms with van der Waals surface area (Å²) in [6.07, 6.45) is 0.0764. The van der Waals surface area contributed by atoms with Gasteiger partial charge in [0.2, 0.25) is 0 Å². The summed E-state index contributed by atoms with van der Waals surface area (Å²) in [4.78, 5) is 0. The van der Waals surface area contributed by atoms with Crippen LogP contribution in [-0.4, -0.2) is 11.2 Å². The zero-order chi connectivity index (χ0) is 13.1. The molecule has 0 aromatic heterocycles. The van der Waals surface area contributed by atoms with Crippen molar-refractivity contribution in [1.82, 2.24) is 0 Å². The molecule has 2 aromatic rings. The van der Waals surface area contributed by atoms with Gasteiger partial charge in [0.15, 0.2) is 0 Å². The molecular formula is C15H15ClO2. The number of benzene rings is 2. The van der Waals surface area contributed by atoms with Crippen molar-refractivity contribution >= 4 is 11.6 Å². The first-order chi connectivity index (χ1) is 8.58. The molecule has 0 saturated carbocycles. The Hall–Kier alpha value is -1.67. The lowest BCUT2D eigenvalue weighted by Crippen LogP contribution is -2.06. The highest BCUT2D eigenvalue weighted by molar-refractivity contribution is 6.31. The Morgan fingerprint density at radius 1 is 1.06 bits per heavy atom. The van der Waals surface area contributed by atoms with E-state index in [2.05, 4.69) is 0 Å². The molecule has 0 saturated heterocycles. The van der Waals surface area contributed by atoms with Crippen LogP contribution in [0.15, 0.2) is 42.5 Å². The van der Waals surface area contributed by atoms with Crippen molar-refractivity contribution in [3.8, 4) is 22.6 Å². The second kappa shape index (κ2) is 5.32. The Morgan fingerprint density at radius 2 is 1.78 bits per heavy atom. The summed E-state index contributed by atoms with van der Waals surface area (Å²) in [6.45, 7) is 3.93. The fraction of sp³-hybridized carbons (Fsp3) is 0.200. The van der Waals surface area contributed by atoms with E-state index in [9.17, 15) is 5.11 Å². The maximum Gasteiger partial charge on any atom is 0.127 e. The number of para-hydroxylation sites is 1. The molecule has 94 valence electrons. The summed E-state index contributed by atoms with van der Waals surface area (Å²) in [5, 5.41) is 10.5. The maximum absolute atomic E-state index is 9.93. The summed E-state index contributed by atoms with van der Waals surface area (Å²) in [5.41, 5.74) is 1.52. The first-order valence-corrected chi connectivity index (χ1v) is 6.20. The van der Waals surface area contributed by atoms with Crippen molar-refractivity contribution in [2.24, 2.45) is 0 Å². The monoisotopic (exact) mass is 262 g/mol. The van der Waals surface area contributed by atoms with Gasteiger partial charge in [-0.25, -0.2) is 0 Å². The number of hydrogen-bond acceptors (Lipinski definition) is 2. The number of rotatable bonds is 3.